The summed E-state index contributed by atoms with van der Waals surface area (Å²) in [7, 11) is 0. The van der Waals surface area contributed by atoms with E-state index in [-0.39, 0.29) is 23.9 Å². The van der Waals surface area contributed by atoms with Crippen LogP contribution in [0.15, 0.2) is 47.1 Å². The maximum absolute atomic E-state index is 12.9. The number of halogens is 1. The number of hydrogen-bond donors (Lipinski definition) is 1. The van der Waals surface area contributed by atoms with Gasteiger partial charge in [0.25, 0.3) is 5.91 Å². The molecule has 1 aromatic heterocycles. The summed E-state index contributed by atoms with van der Waals surface area (Å²) in [5.41, 5.74) is 0.513. The van der Waals surface area contributed by atoms with Crippen molar-refractivity contribution >= 4 is 27.7 Å². The second-order valence-electron chi connectivity index (χ2n) is 6.55. The third kappa shape index (κ3) is 3.44. The Balaban J connectivity index is 1.48. The Hall–Kier alpha value is -2.41. The van der Waals surface area contributed by atoms with Crippen LogP contribution in [0.25, 0.3) is 0 Å². The number of pyridine rings is 1. The van der Waals surface area contributed by atoms with Gasteiger partial charge in [0.15, 0.2) is 0 Å². The van der Waals surface area contributed by atoms with E-state index in [4.69, 9.17) is 4.74 Å². The average Bonchev–Trinajstić information content (AvgIpc) is 2.95. The molecule has 6 nitrogen and oxygen atoms in total. The third-order valence-corrected chi connectivity index (χ3v) is 5.36. The van der Waals surface area contributed by atoms with Gasteiger partial charge in [-0.15, -0.1) is 0 Å². The summed E-state index contributed by atoms with van der Waals surface area (Å²) in [6.07, 6.45) is 3.72. The maximum Gasteiger partial charge on any atom is 0.255 e. The molecule has 2 amide bonds. The molecule has 0 saturated carbocycles. The number of nitrogens with one attached hydrogen (secondary N) is 1. The summed E-state index contributed by atoms with van der Waals surface area (Å²) in [5, 5.41) is 2.88. The number of benzene rings is 1. The van der Waals surface area contributed by atoms with Gasteiger partial charge in [0.1, 0.15) is 5.75 Å². The molecule has 2 bridgehead atoms. The van der Waals surface area contributed by atoms with Crippen LogP contribution in [-0.4, -0.2) is 40.3 Å². The van der Waals surface area contributed by atoms with Crippen LogP contribution < -0.4 is 10.1 Å². The standard InChI is InChI=1S/C19H18BrN3O3/c20-13-2-6-16(7-3-13)26-18-8-1-12(10-22-18)19(25)23-14-4-5-15(23)11-21-17(24)9-14/h1-3,6-8,10,14-15H,4-5,9,11H2,(H,21,24). The molecule has 1 N–H and O–H groups in total. The van der Waals surface area contributed by atoms with Crippen LogP contribution >= 0.6 is 15.9 Å². The van der Waals surface area contributed by atoms with Crippen LogP contribution in [0, 0.1) is 0 Å². The number of aromatic nitrogens is 1. The molecular weight excluding hydrogens is 398 g/mol. The summed E-state index contributed by atoms with van der Waals surface area (Å²) in [4.78, 5) is 30.8. The van der Waals surface area contributed by atoms with Crippen LogP contribution in [0.2, 0.25) is 0 Å². The smallest absolute Gasteiger partial charge is 0.255 e. The summed E-state index contributed by atoms with van der Waals surface area (Å²) in [5.74, 6) is 1.05. The van der Waals surface area contributed by atoms with Crippen molar-refractivity contribution in [3.63, 3.8) is 0 Å². The quantitative estimate of drug-likeness (QED) is 0.835. The maximum atomic E-state index is 12.9. The summed E-state index contributed by atoms with van der Waals surface area (Å²) in [6, 6.07) is 10.9. The number of hydrogen-bond acceptors (Lipinski definition) is 4. The van der Waals surface area contributed by atoms with Gasteiger partial charge in [-0.05, 0) is 43.2 Å². The van der Waals surface area contributed by atoms with E-state index in [1.54, 1.807) is 12.1 Å². The minimum atomic E-state index is -0.0725. The Kier molecular flexibility index (Phi) is 4.63. The van der Waals surface area contributed by atoms with E-state index < -0.39 is 0 Å². The Morgan fingerprint density at radius 1 is 1.15 bits per heavy atom. The van der Waals surface area contributed by atoms with Crippen molar-refractivity contribution in [1.29, 1.82) is 0 Å². The first-order chi connectivity index (χ1) is 12.6. The monoisotopic (exact) mass is 415 g/mol. The number of nitrogens with zero attached hydrogens (tertiary/aromatic N) is 2. The molecule has 0 radical (unpaired) electrons. The molecule has 2 aromatic rings. The molecule has 134 valence electrons. The summed E-state index contributed by atoms with van der Waals surface area (Å²) < 4.78 is 6.66. The molecular formula is C19H18BrN3O3. The zero-order valence-electron chi connectivity index (χ0n) is 14.0. The number of amides is 2. The predicted octanol–water partition coefficient (Wildman–Crippen LogP) is 3.13. The highest BCUT2D eigenvalue weighted by atomic mass is 79.9. The average molecular weight is 416 g/mol. The Morgan fingerprint density at radius 3 is 2.65 bits per heavy atom. The molecule has 2 aliphatic rings. The van der Waals surface area contributed by atoms with Crippen molar-refractivity contribution < 1.29 is 14.3 Å². The first kappa shape index (κ1) is 17.0. The van der Waals surface area contributed by atoms with Gasteiger partial charge in [-0.1, -0.05) is 15.9 Å². The Labute approximate surface area is 159 Å². The van der Waals surface area contributed by atoms with Crippen LogP contribution in [0.4, 0.5) is 0 Å². The van der Waals surface area contributed by atoms with E-state index in [9.17, 15) is 9.59 Å². The highest BCUT2D eigenvalue weighted by molar-refractivity contribution is 9.10. The third-order valence-electron chi connectivity index (χ3n) is 4.83. The number of rotatable bonds is 3. The fraction of sp³-hybridized carbons (Fsp3) is 0.316. The van der Waals surface area contributed by atoms with E-state index in [1.165, 1.54) is 6.20 Å². The summed E-state index contributed by atoms with van der Waals surface area (Å²) >= 11 is 3.38. The summed E-state index contributed by atoms with van der Waals surface area (Å²) in [6.45, 7) is 0.527. The largest absolute Gasteiger partial charge is 0.439 e. The zero-order valence-corrected chi connectivity index (χ0v) is 15.6. The van der Waals surface area contributed by atoms with E-state index in [1.807, 2.05) is 29.2 Å². The van der Waals surface area contributed by atoms with Crippen molar-refractivity contribution in [2.24, 2.45) is 0 Å². The molecule has 4 rings (SSSR count). The van der Waals surface area contributed by atoms with Crippen LogP contribution in [0.1, 0.15) is 29.6 Å². The zero-order chi connectivity index (χ0) is 18.1. The lowest BCUT2D eigenvalue weighted by Crippen LogP contribution is -2.42. The minimum Gasteiger partial charge on any atom is -0.439 e. The van der Waals surface area contributed by atoms with Crippen molar-refractivity contribution in [3.05, 3.63) is 52.6 Å². The predicted molar refractivity (Wildman–Crippen MR) is 99.1 cm³/mol. The van der Waals surface area contributed by atoms with E-state index >= 15 is 0 Å². The molecule has 2 fully saturated rings. The molecule has 2 aliphatic heterocycles. The molecule has 26 heavy (non-hydrogen) atoms. The first-order valence-corrected chi connectivity index (χ1v) is 9.38. The lowest BCUT2D eigenvalue weighted by Gasteiger charge is -2.27. The minimum absolute atomic E-state index is 0.0197. The lowest BCUT2D eigenvalue weighted by atomic mass is 10.1. The highest BCUT2D eigenvalue weighted by Crippen LogP contribution is 2.30. The van der Waals surface area contributed by atoms with Crippen molar-refractivity contribution in [3.8, 4) is 11.6 Å². The van der Waals surface area contributed by atoms with Gasteiger partial charge in [-0.2, -0.15) is 0 Å². The Bertz CT molecular complexity index is 823. The van der Waals surface area contributed by atoms with Gasteiger partial charge >= 0.3 is 0 Å². The molecule has 2 atom stereocenters. The number of ether oxygens (including phenoxy) is 1. The van der Waals surface area contributed by atoms with Crippen molar-refractivity contribution in [1.82, 2.24) is 15.2 Å². The van der Waals surface area contributed by atoms with Crippen LogP contribution in [0.3, 0.4) is 0 Å². The SMILES string of the molecule is O=C1CC2CCC(CN1)N2C(=O)c1ccc(Oc2ccc(Br)cc2)nc1. The molecule has 2 unspecified atom stereocenters. The lowest BCUT2D eigenvalue weighted by molar-refractivity contribution is -0.121. The first-order valence-electron chi connectivity index (χ1n) is 8.59. The second-order valence-corrected chi connectivity index (χ2v) is 7.46. The van der Waals surface area contributed by atoms with Gasteiger partial charge < -0.3 is 15.0 Å². The molecule has 0 aliphatic carbocycles. The van der Waals surface area contributed by atoms with E-state index in [2.05, 4.69) is 26.2 Å². The van der Waals surface area contributed by atoms with Gasteiger partial charge in [-0.25, -0.2) is 4.98 Å². The normalized spacial score (nSPS) is 21.9. The molecule has 2 saturated heterocycles. The van der Waals surface area contributed by atoms with Gasteiger partial charge in [0.2, 0.25) is 11.8 Å². The fourth-order valence-corrected chi connectivity index (χ4v) is 3.82. The fourth-order valence-electron chi connectivity index (χ4n) is 3.55. The molecule has 0 spiro atoms. The second kappa shape index (κ2) is 7.07. The van der Waals surface area contributed by atoms with Gasteiger partial charge in [0, 0.05) is 41.8 Å². The highest BCUT2D eigenvalue weighted by Gasteiger charge is 2.40. The molecule has 3 heterocycles. The van der Waals surface area contributed by atoms with Crippen molar-refractivity contribution in [2.75, 3.05) is 6.54 Å². The van der Waals surface area contributed by atoms with Gasteiger partial charge in [0.05, 0.1) is 5.56 Å². The van der Waals surface area contributed by atoms with E-state index in [0.29, 0.717) is 30.2 Å². The molecule has 7 heteroatoms. The number of carbonyl (C=O) groups is 2. The Morgan fingerprint density at radius 2 is 1.92 bits per heavy atom. The van der Waals surface area contributed by atoms with Gasteiger partial charge in [-0.3, -0.25) is 9.59 Å². The van der Waals surface area contributed by atoms with Crippen LogP contribution in [0.5, 0.6) is 11.6 Å². The molecule has 1 aromatic carbocycles. The van der Waals surface area contributed by atoms with E-state index in [0.717, 1.165) is 17.3 Å². The number of fused-ring (bicyclic) bond motifs is 2. The van der Waals surface area contributed by atoms with Crippen LogP contribution in [-0.2, 0) is 4.79 Å². The number of carbonyl (C=O) groups excluding carboxylic acids is 2. The topological polar surface area (TPSA) is 71.5 Å². The van der Waals surface area contributed by atoms with Crippen molar-refractivity contribution in [2.45, 2.75) is 31.3 Å².